The van der Waals surface area contributed by atoms with Crippen LogP contribution < -0.4 is 9.47 Å². The van der Waals surface area contributed by atoms with E-state index < -0.39 is 0 Å². The zero-order valence-corrected chi connectivity index (χ0v) is 12.5. The molecule has 0 aliphatic heterocycles. The number of hydrogen-bond acceptors (Lipinski definition) is 4. The van der Waals surface area contributed by atoms with Gasteiger partial charge in [-0.2, -0.15) is 0 Å². The molecule has 2 aromatic rings. The Balaban J connectivity index is 2.14. The molecule has 108 valence electrons. The molecule has 0 saturated carbocycles. The third-order valence-corrected chi connectivity index (χ3v) is 3.40. The van der Waals surface area contributed by atoms with E-state index in [1.807, 2.05) is 23.0 Å². The summed E-state index contributed by atoms with van der Waals surface area (Å²) in [7, 11) is 3.29. The highest BCUT2D eigenvalue weighted by Gasteiger charge is 2.12. The number of hydrogen-bond donors (Lipinski definition) is 0. The molecule has 1 aromatic heterocycles. The van der Waals surface area contributed by atoms with Crippen molar-refractivity contribution in [3.63, 3.8) is 0 Å². The van der Waals surface area contributed by atoms with Crippen LogP contribution in [0.2, 0.25) is 0 Å². The summed E-state index contributed by atoms with van der Waals surface area (Å²) in [6.07, 6.45) is 2.85. The Morgan fingerprint density at radius 2 is 1.95 bits per heavy atom. The normalized spacial score (nSPS) is 12.2. The molecular formula is C15H21N3O2. The van der Waals surface area contributed by atoms with Gasteiger partial charge in [0.1, 0.15) is 0 Å². The van der Waals surface area contributed by atoms with Crippen molar-refractivity contribution in [2.45, 2.75) is 32.7 Å². The van der Waals surface area contributed by atoms with Crippen molar-refractivity contribution in [2.75, 3.05) is 14.2 Å². The molecule has 20 heavy (non-hydrogen) atoms. The van der Waals surface area contributed by atoms with Gasteiger partial charge in [0.25, 0.3) is 0 Å². The van der Waals surface area contributed by atoms with Crippen LogP contribution in [0.3, 0.4) is 0 Å². The molecule has 1 heterocycles. The first-order chi connectivity index (χ1) is 9.67. The highest BCUT2D eigenvalue weighted by molar-refractivity contribution is 5.43. The number of ether oxygens (including phenoxy) is 2. The number of methoxy groups -OCH3 is 2. The molecule has 5 heteroatoms. The van der Waals surface area contributed by atoms with E-state index in [4.69, 9.17) is 9.47 Å². The molecule has 0 bridgehead atoms. The van der Waals surface area contributed by atoms with Crippen molar-refractivity contribution in [1.29, 1.82) is 0 Å². The van der Waals surface area contributed by atoms with Crippen LogP contribution in [0.5, 0.6) is 11.5 Å². The lowest BCUT2D eigenvalue weighted by Crippen LogP contribution is -2.00. The summed E-state index contributed by atoms with van der Waals surface area (Å²) in [5, 5.41) is 8.25. The molecule has 1 aromatic carbocycles. The lowest BCUT2D eigenvalue weighted by Gasteiger charge is -2.13. The average molecular weight is 275 g/mol. The minimum atomic E-state index is 0.344. The SMILES string of the molecule is CCn1cc(CC(C)c2ccc(OC)c(OC)c2)nn1. The van der Waals surface area contributed by atoms with Crippen molar-refractivity contribution in [1.82, 2.24) is 15.0 Å². The zero-order chi connectivity index (χ0) is 14.5. The van der Waals surface area contributed by atoms with Crippen LogP contribution in [0.25, 0.3) is 0 Å². The first-order valence-corrected chi connectivity index (χ1v) is 6.78. The molecule has 0 amide bonds. The van der Waals surface area contributed by atoms with Crippen LogP contribution in [-0.4, -0.2) is 29.2 Å². The Morgan fingerprint density at radius 3 is 2.55 bits per heavy atom. The van der Waals surface area contributed by atoms with Gasteiger partial charge in [-0.3, -0.25) is 4.68 Å². The molecule has 1 unspecified atom stereocenters. The van der Waals surface area contributed by atoms with E-state index in [1.54, 1.807) is 14.2 Å². The van der Waals surface area contributed by atoms with Gasteiger partial charge in [-0.25, -0.2) is 0 Å². The second kappa shape index (κ2) is 6.41. The third kappa shape index (κ3) is 3.10. The Kier molecular flexibility index (Phi) is 4.61. The summed E-state index contributed by atoms with van der Waals surface area (Å²) in [5.74, 6) is 1.85. The number of nitrogens with zero attached hydrogens (tertiary/aromatic N) is 3. The van der Waals surface area contributed by atoms with E-state index in [0.29, 0.717) is 5.92 Å². The fourth-order valence-electron chi connectivity index (χ4n) is 2.18. The first kappa shape index (κ1) is 14.4. The number of rotatable bonds is 6. The van der Waals surface area contributed by atoms with Crippen LogP contribution in [0.4, 0.5) is 0 Å². The lowest BCUT2D eigenvalue weighted by molar-refractivity contribution is 0.354. The number of aromatic nitrogens is 3. The molecule has 0 spiro atoms. The highest BCUT2D eigenvalue weighted by atomic mass is 16.5. The fraction of sp³-hybridized carbons (Fsp3) is 0.467. The highest BCUT2D eigenvalue weighted by Crippen LogP contribution is 2.31. The number of aryl methyl sites for hydroxylation is 1. The van der Waals surface area contributed by atoms with Gasteiger partial charge in [-0.15, -0.1) is 5.10 Å². The van der Waals surface area contributed by atoms with E-state index in [1.165, 1.54) is 5.56 Å². The predicted octanol–water partition coefficient (Wildman–Crippen LogP) is 2.66. The monoisotopic (exact) mass is 275 g/mol. The van der Waals surface area contributed by atoms with Crippen molar-refractivity contribution < 1.29 is 9.47 Å². The summed E-state index contributed by atoms with van der Waals surface area (Å²) in [6.45, 7) is 5.07. The quantitative estimate of drug-likeness (QED) is 0.813. The molecule has 5 nitrogen and oxygen atoms in total. The van der Waals surface area contributed by atoms with Gasteiger partial charge < -0.3 is 9.47 Å². The Labute approximate surface area is 119 Å². The Morgan fingerprint density at radius 1 is 1.20 bits per heavy atom. The number of benzene rings is 1. The van der Waals surface area contributed by atoms with Gasteiger partial charge in [0.15, 0.2) is 11.5 Å². The molecule has 2 rings (SSSR count). The van der Waals surface area contributed by atoms with E-state index in [0.717, 1.165) is 30.2 Å². The van der Waals surface area contributed by atoms with Crippen LogP contribution in [-0.2, 0) is 13.0 Å². The fourth-order valence-corrected chi connectivity index (χ4v) is 2.18. The Hall–Kier alpha value is -2.04. The maximum atomic E-state index is 5.34. The van der Waals surface area contributed by atoms with Gasteiger partial charge in [0, 0.05) is 12.7 Å². The second-order valence-corrected chi connectivity index (χ2v) is 4.79. The van der Waals surface area contributed by atoms with Crippen LogP contribution in [0.1, 0.15) is 31.0 Å². The van der Waals surface area contributed by atoms with Crippen LogP contribution >= 0.6 is 0 Å². The topological polar surface area (TPSA) is 49.2 Å². The molecule has 0 saturated heterocycles. The maximum Gasteiger partial charge on any atom is 0.160 e. The van der Waals surface area contributed by atoms with Crippen molar-refractivity contribution in [2.24, 2.45) is 0 Å². The van der Waals surface area contributed by atoms with E-state index >= 15 is 0 Å². The minimum Gasteiger partial charge on any atom is -0.493 e. The summed E-state index contributed by atoms with van der Waals surface area (Å²) < 4.78 is 12.4. The predicted molar refractivity (Wildman–Crippen MR) is 77.4 cm³/mol. The van der Waals surface area contributed by atoms with Crippen molar-refractivity contribution in [3.8, 4) is 11.5 Å². The molecular weight excluding hydrogens is 254 g/mol. The van der Waals surface area contributed by atoms with Gasteiger partial charge in [0.05, 0.1) is 19.9 Å². The second-order valence-electron chi connectivity index (χ2n) is 4.79. The van der Waals surface area contributed by atoms with Crippen molar-refractivity contribution in [3.05, 3.63) is 35.7 Å². The lowest BCUT2D eigenvalue weighted by atomic mass is 9.96. The van der Waals surface area contributed by atoms with Crippen LogP contribution in [0.15, 0.2) is 24.4 Å². The van der Waals surface area contributed by atoms with Gasteiger partial charge >= 0.3 is 0 Å². The van der Waals surface area contributed by atoms with Gasteiger partial charge in [-0.1, -0.05) is 18.2 Å². The van der Waals surface area contributed by atoms with E-state index in [-0.39, 0.29) is 0 Å². The van der Waals surface area contributed by atoms with E-state index in [9.17, 15) is 0 Å². The molecule has 0 N–H and O–H groups in total. The van der Waals surface area contributed by atoms with Crippen molar-refractivity contribution >= 4 is 0 Å². The summed E-state index contributed by atoms with van der Waals surface area (Å²) >= 11 is 0. The molecule has 0 fully saturated rings. The molecule has 0 aliphatic carbocycles. The first-order valence-electron chi connectivity index (χ1n) is 6.78. The zero-order valence-electron chi connectivity index (χ0n) is 12.5. The van der Waals surface area contributed by atoms with Gasteiger partial charge in [-0.05, 0) is 37.0 Å². The summed E-state index contributed by atoms with van der Waals surface area (Å²) in [6, 6.07) is 6.03. The summed E-state index contributed by atoms with van der Waals surface area (Å²) in [4.78, 5) is 0. The summed E-state index contributed by atoms with van der Waals surface area (Å²) in [5.41, 5.74) is 2.21. The largest absolute Gasteiger partial charge is 0.493 e. The smallest absolute Gasteiger partial charge is 0.160 e. The Bertz CT molecular complexity index is 566. The standard InChI is InChI=1S/C15H21N3O2/c1-5-18-10-13(16-17-18)8-11(2)12-6-7-14(19-3)15(9-12)20-4/h6-7,9-11H,5,8H2,1-4H3. The maximum absolute atomic E-state index is 5.34. The van der Waals surface area contributed by atoms with E-state index in [2.05, 4.69) is 30.2 Å². The van der Waals surface area contributed by atoms with Crippen LogP contribution in [0, 0.1) is 0 Å². The minimum absolute atomic E-state index is 0.344. The average Bonchev–Trinajstić information content (AvgIpc) is 2.94. The van der Waals surface area contributed by atoms with Gasteiger partial charge in [0.2, 0.25) is 0 Å². The molecule has 1 atom stereocenters. The molecule has 0 radical (unpaired) electrons. The third-order valence-electron chi connectivity index (χ3n) is 3.40. The molecule has 0 aliphatic rings.